The van der Waals surface area contributed by atoms with Gasteiger partial charge in [-0.3, -0.25) is 13.9 Å². The molecule has 0 radical (unpaired) electrons. The van der Waals surface area contributed by atoms with Crippen molar-refractivity contribution in [2.75, 3.05) is 17.4 Å². The summed E-state index contributed by atoms with van der Waals surface area (Å²) < 4.78 is 29.1. The van der Waals surface area contributed by atoms with Crippen LogP contribution >= 0.6 is 34.8 Å². The van der Waals surface area contributed by atoms with Gasteiger partial charge in [-0.1, -0.05) is 95.0 Å². The summed E-state index contributed by atoms with van der Waals surface area (Å²) in [7, 11) is -4.23. The van der Waals surface area contributed by atoms with E-state index >= 15 is 0 Å². The Hall–Kier alpha value is -3.56. The minimum Gasteiger partial charge on any atom is -0.355 e. The van der Waals surface area contributed by atoms with Crippen LogP contribution in [0.5, 0.6) is 0 Å². The van der Waals surface area contributed by atoms with Crippen LogP contribution in [0, 0.1) is 6.92 Å². The number of anilines is 1. The number of likely N-dealkylation sites (N-methyl/N-ethyl adjacent to an activating group) is 1. The lowest BCUT2D eigenvalue weighted by molar-refractivity contribution is -0.140. The van der Waals surface area contributed by atoms with Crippen LogP contribution in [0.4, 0.5) is 5.69 Å². The van der Waals surface area contributed by atoms with Crippen molar-refractivity contribution in [2.24, 2.45) is 0 Å². The maximum atomic E-state index is 14.4. The molecule has 44 heavy (non-hydrogen) atoms. The SMILES string of the molecule is CCNC(=O)[C@@H](Cc1ccccc1)N(Cc1ccc(Cl)cc1Cl)C(=O)CN(c1cccc(Cl)c1)S(=O)(=O)c1ccc(C)cc1. The van der Waals surface area contributed by atoms with Gasteiger partial charge in [-0.15, -0.1) is 0 Å². The van der Waals surface area contributed by atoms with Crippen LogP contribution in [-0.2, 0) is 32.6 Å². The lowest BCUT2D eigenvalue weighted by Gasteiger charge is -2.34. The van der Waals surface area contributed by atoms with Gasteiger partial charge in [-0.05, 0) is 67.4 Å². The molecular weight excluding hydrogens is 641 g/mol. The fourth-order valence-corrected chi connectivity index (χ4v) is 6.74. The van der Waals surface area contributed by atoms with Crippen LogP contribution in [0.15, 0.2) is 102 Å². The van der Waals surface area contributed by atoms with E-state index in [0.29, 0.717) is 27.2 Å². The molecule has 0 saturated heterocycles. The smallest absolute Gasteiger partial charge is 0.264 e. The van der Waals surface area contributed by atoms with Gasteiger partial charge < -0.3 is 10.2 Å². The van der Waals surface area contributed by atoms with E-state index in [-0.39, 0.29) is 29.5 Å². The van der Waals surface area contributed by atoms with Crippen molar-refractivity contribution in [3.8, 4) is 0 Å². The third kappa shape index (κ3) is 8.33. The van der Waals surface area contributed by atoms with Crippen LogP contribution in [-0.4, -0.2) is 44.3 Å². The highest BCUT2D eigenvalue weighted by Gasteiger charge is 2.35. The molecule has 11 heteroatoms. The van der Waals surface area contributed by atoms with Gasteiger partial charge in [0.25, 0.3) is 10.0 Å². The largest absolute Gasteiger partial charge is 0.355 e. The lowest BCUT2D eigenvalue weighted by Crippen LogP contribution is -2.53. The third-order valence-electron chi connectivity index (χ3n) is 6.96. The number of sulfonamides is 1. The van der Waals surface area contributed by atoms with Gasteiger partial charge in [-0.2, -0.15) is 0 Å². The molecule has 0 heterocycles. The van der Waals surface area contributed by atoms with E-state index < -0.39 is 28.5 Å². The van der Waals surface area contributed by atoms with Gasteiger partial charge in [0.2, 0.25) is 11.8 Å². The summed E-state index contributed by atoms with van der Waals surface area (Å²) in [6.07, 6.45) is 0.186. The van der Waals surface area contributed by atoms with Crippen LogP contribution in [0.2, 0.25) is 15.1 Å². The van der Waals surface area contributed by atoms with E-state index in [1.54, 1.807) is 55.5 Å². The first-order chi connectivity index (χ1) is 21.0. The molecule has 0 unspecified atom stereocenters. The molecule has 0 bridgehead atoms. The molecular formula is C33H32Cl3N3O4S. The van der Waals surface area contributed by atoms with Crippen molar-refractivity contribution in [3.05, 3.63) is 129 Å². The van der Waals surface area contributed by atoms with Crippen molar-refractivity contribution in [1.29, 1.82) is 0 Å². The monoisotopic (exact) mass is 671 g/mol. The minimum atomic E-state index is -4.23. The molecule has 4 aromatic rings. The van der Waals surface area contributed by atoms with Crippen LogP contribution in [0.3, 0.4) is 0 Å². The quantitative estimate of drug-likeness (QED) is 0.177. The summed E-state index contributed by atoms with van der Waals surface area (Å²) in [6, 6.07) is 25.8. The third-order valence-corrected chi connectivity index (χ3v) is 9.57. The number of hydrogen-bond acceptors (Lipinski definition) is 4. The molecule has 2 amide bonds. The number of carbonyl (C=O) groups is 2. The Morgan fingerprint density at radius 1 is 0.841 bits per heavy atom. The highest BCUT2D eigenvalue weighted by atomic mass is 35.5. The number of amides is 2. The predicted octanol–water partition coefficient (Wildman–Crippen LogP) is 6.93. The van der Waals surface area contributed by atoms with Gasteiger partial charge >= 0.3 is 0 Å². The molecule has 0 aliphatic rings. The number of rotatable bonds is 12. The van der Waals surface area contributed by atoms with Gasteiger partial charge in [0, 0.05) is 34.6 Å². The van der Waals surface area contributed by atoms with Crippen LogP contribution in [0.25, 0.3) is 0 Å². The molecule has 4 rings (SSSR count). The normalized spacial score (nSPS) is 11.9. The Kier molecular flexibility index (Phi) is 11.3. The van der Waals surface area contributed by atoms with Crippen molar-refractivity contribution >= 4 is 62.3 Å². The van der Waals surface area contributed by atoms with E-state index in [2.05, 4.69) is 5.32 Å². The van der Waals surface area contributed by atoms with E-state index in [4.69, 9.17) is 34.8 Å². The first kappa shape index (κ1) is 33.3. The second-order valence-electron chi connectivity index (χ2n) is 10.2. The number of benzene rings is 4. The Balaban J connectivity index is 1.82. The van der Waals surface area contributed by atoms with Gasteiger partial charge in [0.05, 0.1) is 10.6 Å². The second-order valence-corrected chi connectivity index (χ2v) is 13.3. The zero-order valence-corrected chi connectivity index (χ0v) is 27.3. The molecule has 1 atom stereocenters. The number of halogens is 3. The molecule has 0 saturated carbocycles. The first-order valence-electron chi connectivity index (χ1n) is 13.9. The molecule has 7 nitrogen and oxygen atoms in total. The van der Waals surface area contributed by atoms with Crippen LogP contribution < -0.4 is 9.62 Å². The summed E-state index contributed by atoms with van der Waals surface area (Å²) in [4.78, 5) is 29.3. The summed E-state index contributed by atoms with van der Waals surface area (Å²) in [6.45, 7) is 3.30. The molecule has 0 aromatic heterocycles. The van der Waals surface area contributed by atoms with Gasteiger partial charge in [-0.25, -0.2) is 8.42 Å². The topological polar surface area (TPSA) is 86.8 Å². The van der Waals surface area contributed by atoms with E-state index in [1.807, 2.05) is 37.3 Å². The highest BCUT2D eigenvalue weighted by Crippen LogP contribution is 2.28. The lowest BCUT2D eigenvalue weighted by atomic mass is 10.0. The summed E-state index contributed by atoms with van der Waals surface area (Å²) in [5, 5.41) is 3.85. The summed E-state index contributed by atoms with van der Waals surface area (Å²) in [5.74, 6) is -0.996. The van der Waals surface area contributed by atoms with Crippen molar-refractivity contribution in [1.82, 2.24) is 10.2 Å². The average molecular weight is 673 g/mol. The van der Waals surface area contributed by atoms with Gasteiger partial charge in [0.1, 0.15) is 12.6 Å². The molecule has 0 aliphatic heterocycles. The first-order valence-corrected chi connectivity index (χ1v) is 16.5. The minimum absolute atomic E-state index is 0.00716. The van der Waals surface area contributed by atoms with Crippen molar-refractivity contribution in [2.45, 2.75) is 37.8 Å². The summed E-state index contributed by atoms with van der Waals surface area (Å²) >= 11 is 18.9. The predicted molar refractivity (Wildman–Crippen MR) is 177 cm³/mol. The highest BCUT2D eigenvalue weighted by molar-refractivity contribution is 7.92. The zero-order chi connectivity index (χ0) is 31.9. The number of hydrogen-bond donors (Lipinski definition) is 1. The molecule has 1 N–H and O–H groups in total. The standard InChI is InChI=1S/C33H32Cl3N3O4S/c1-3-37-33(41)31(18-24-8-5-4-6-9-24)38(21-25-14-15-27(35)20-30(25)36)32(40)22-39(28-11-7-10-26(34)19-28)44(42,43)29-16-12-23(2)13-17-29/h4-17,19-20,31H,3,18,21-22H2,1-2H3,(H,37,41)/t31-/m1/s1. The molecule has 230 valence electrons. The fourth-order valence-electron chi connectivity index (χ4n) is 4.68. The Labute approximate surface area is 273 Å². The maximum absolute atomic E-state index is 14.4. The van der Waals surface area contributed by atoms with E-state index in [0.717, 1.165) is 15.4 Å². The van der Waals surface area contributed by atoms with Crippen molar-refractivity contribution < 1.29 is 18.0 Å². The fraction of sp³-hybridized carbons (Fsp3) is 0.212. The number of nitrogens with one attached hydrogen (secondary N) is 1. The Morgan fingerprint density at radius 2 is 1.52 bits per heavy atom. The Bertz CT molecular complexity index is 1720. The van der Waals surface area contributed by atoms with E-state index in [9.17, 15) is 18.0 Å². The number of carbonyl (C=O) groups excluding carboxylic acids is 2. The summed E-state index contributed by atoms with van der Waals surface area (Å²) in [5.41, 5.74) is 2.45. The maximum Gasteiger partial charge on any atom is 0.264 e. The Morgan fingerprint density at radius 3 is 2.16 bits per heavy atom. The number of aryl methyl sites for hydroxylation is 1. The van der Waals surface area contributed by atoms with Crippen LogP contribution in [0.1, 0.15) is 23.6 Å². The molecule has 0 spiro atoms. The molecule has 4 aromatic carbocycles. The second kappa shape index (κ2) is 14.9. The zero-order valence-electron chi connectivity index (χ0n) is 24.2. The molecule has 0 aliphatic carbocycles. The van der Waals surface area contributed by atoms with Gasteiger partial charge in [0.15, 0.2) is 0 Å². The van der Waals surface area contributed by atoms with Crippen molar-refractivity contribution in [3.63, 3.8) is 0 Å². The number of nitrogens with zero attached hydrogens (tertiary/aromatic N) is 2. The molecule has 0 fully saturated rings. The van der Waals surface area contributed by atoms with E-state index in [1.165, 1.54) is 23.1 Å². The average Bonchev–Trinajstić information content (AvgIpc) is 2.99.